The fraction of sp³-hybridized carbons (Fsp3) is 0.233. The maximum absolute atomic E-state index is 12.9. The smallest absolute Gasteiger partial charge is 0.550 e. The summed E-state index contributed by atoms with van der Waals surface area (Å²) >= 11 is 0. The first kappa shape index (κ1) is 61.2. The van der Waals surface area contributed by atoms with E-state index in [1.165, 1.54) is 9.80 Å². The molecule has 0 unspecified atom stereocenters. The van der Waals surface area contributed by atoms with Gasteiger partial charge in [0.1, 0.15) is 0 Å². The quantitative estimate of drug-likeness (QED) is 0.125. The summed E-state index contributed by atoms with van der Waals surface area (Å²) in [6.07, 6.45) is 19.0. The van der Waals surface area contributed by atoms with Gasteiger partial charge >= 0.3 is 17.1 Å². The summed E-state index contributed by atoms with van der Waals surface area (Å²) in [4.78, 5) is 91.2. The molecule has 4 amide bonds. The molecule has 6 heterocycles. The molecule has 2 fully saturated rings. The van der Waals surface area contributed by atoms with Gasteiger partial charge in [-0.05, 0) is 159 Å². The molecule has 4 aliphatic rings. The van der Waals surface area contributed by atoms with Gasteiger partial charge in [0.05, 0.1) is 0 Å². The topological polar surface area (TPSA) is 270 Å². The van der Waals surface area contributed by atoms with Crippen LogP contribution in [0, 0.1) is 23.7 Å². The van der Waals surface area contributed by atoms with Crippen LogP contribution in [0.25, 0.3) is 21.5 Å². The zero-order chi connectivity index (χ0) is 52.1. The van der Waals surface area contributed by atoms with Gasteiger partial charge in [-0.15, -0.1) is 0 Å². The number of pyridine rings is 4. The van der Waals surface area contributed by atoms with Crippen molar-refractivity contribution >= 4 is 57.1 Å². The van der Waals surface area contributed by atoms with E-state index in [0.29, 0.717) is 86.7 Å². The van der Waals surface area contributed by atoms with E-state index in [2.05, 4.69) is 19.9 Å². The van der Waals surface area contributed by atoms with E-state index in [1.54, 1.807) is 73.8 Å². The Balaban J connectivity index is 0.000000226. The van der Waals surface area contributed by atoms with Crippen molar-refractivity contribution in [1.29, 1.82) is 0 Å². The molecule has 4 aromatic carbocycles. The van der Waals surface area contributed by atoms with Crippen LogP contribution in [0.5, 0.6) is 0 Å². The first-order valence-electron chi connectivity index (χ1n) is 24.7. The summed E-state index contributed by atoms with van der Waals surface area (Å²) in [5.41, 5.74) is 2.26. The van der Waals surface area contributed by atoms with Crippen molar-refractivity contribution in [3.63, 3.8) is 0 Å². The first-order valence-corrected chi connectivity index (χ1v) is 24.7. The third-order valence-corrected chi connectivity index (χ3v) is 13.2. The molecule has 1 radical (unpaired) electrons. The summed E-state index contributed by atoms with van der Waals surface area (Å²) in [6, 6.07) is 44.9. The molecule has 0 bridgehead atoms. The fourth-order valence-corrected chi connectivity index (χ4v) is 9.42. The molecule has 0 spiro atoms. The van der Waals surface area contributed by atoms with E-state index < -0.39 is 23.8 Å². The van der Waals surface area contributed by atoms with Crippen LogP contribution in [-0.4, -0.2) is 89.3 Å². The van der Waals surface area contributed by atoms with Gasteiger partial charge in [-0.25, -0.2) is 0 Å². The van der Waals surface area contributed by atoms with Gasteiger partial charge in [-0.3, -0.25) is 48.9 Å². The molecule has 77 heavy (non-hydrogen) atoms. The monoisotopic (exact) mass is 1090 g/mol. The van der Waals surface area contributed by atoms with E-state index in [-0.39, 0.29) is 63.5 Å². The van der Waals surface area contributed by atoms with Gasteiger partial charge in [0.2, 0.25) is 0 Å². The third-order valence-electron chi connectivity index (χ3n) is 13.2. The minimum Gasteiger partial charge on any atom is -0.550 e. The van der Waals surface area contributed by atoms with Gasteiger partial charge in [-0.2, -0.15) is 0 Å². The Morgan fingerprint density at radius 2 is 0.610 bits per heavy atom. The molecule has 4 N–H and O–H groups in total. The number of carboxylic acids is 2. The van der Waals surface area contributed by atoms with Gasteiger partial charge in [0, 0.05) is 108 Å². The van der Waals surface area contributed by atoms with Crippen molar-refractivity contribution < 1.29 is 67.0 Å². The summed E-state index contributed by atoms with van der Waals surface area (Å²) in [7, 11) is 0. The molecular weight excluding hydrogens is 1030 g/mol. The number of rotatable bonds is 6. The zero-order valence-corrected chi connectivity index (χ0v) is 43.0. The van der Waals surface area contributed by atoms with Gasteiger partial charge in [0.25, 0.3) is 23.6 Å². The average Bonchev–Trinajstić information content (AvgIpc) is 3.47. The molecule has 4 aromatic heterocycles. The molecule has 0 saturated heterocycles. The number of aromatic nitrogens is 4. The molecule has 17 heteroatoms. The second kappa shape index (κ2) is 31.5. The summed E-state index contributed by atoms with van der Waals surface area (Å²) in [5, 5.41) is 25.2. The molecule has 12 rings (SSSR count). The molecule has 2 saturated carbocycles. The van der Waals surface area contributed by atoms with Crippen molar-refractivity contribution in [2.75, 3.05) is 13.1 Å². The van der Waals surface area contributed by atoms with E-state index in [0.717, 1.165) is 21.5 Å². The van der Waals surface area contributed by atoms with Crippen LogP contribution in [0.4, 0.5) is 0 Å². The van der Waals surface area contributed by atoms with Crippen molar-refractivity contribution in [2.45, 2.75) is 51.4 Å². The summed E-state index contributed by atoms with van der Waals surface area (Å²) in [5.74, 6) is -3.52. The standard InChI is InChI=1S/2C20H19NO4.4C5H5N.Cu.2H2O/c2*22-18-15-5-1-3-13-4-2-6-16(17(13)15)19(23)21(18)11-12-7-9-14(10-8-12)20(24)25;4*1-2-4-6-5-3-1;;;/h2*1-6,12,14H,7-11H2,(H,24,25);4*1-5H;;2*1H2/q;;;;;;+2;;/p-2. The van der Waals surface area contributed by atoms with E-state index in [4.69, 9.17) is 0 Å². The number of carbonyl (C=O) groups is 6. The molecular formula is C60H60CuN6O10. The van der Waals surface area contributed by atoms with Crippen LogP contribution in [-0.2, 0) is 26.7 Å². The van der Waals surface area contributed by atoms with Crippen molar-refractivity contribution in [3.8, 4) is 0 Å². The second-order valence-electron chi connectivity index (χ2n) is 18.0. The predicted octanol–water partition coefficient (Wildman–Crippen LogP) is 6.66. The Hall–Kier alpha value is -8.34. The Morgan fingerprint density at radius 1 is 0.377 bits per heavy atom. The van der Waals surface area contributed by atoms with Crippen LogP contribution in [0.15, 0.2) is 195 Å². The maximum Gasteiger partial charge on any atom is 2.00 e. The summed E-state index contributed by atoms with van der Waals surface area (Å²) < 4.78 is 0. The minimum absolute atomic E-state index is 0. The SMILES string of the molecule is O.O.O=C([O-])C1CCC(CN2C(=O)c3cccc4cccc(c34)C2=O)CC1.O=C([O-])C1CCC(CN2C(=O)c3cccc4cccc(c34)C2=O)CC1.[Cu+2].c1ccncc1.c1ccncc1.c1ccncc1.c1ccncc1. The molecule has 8 aromatic rings. The van der Waals surface area contributed by atoms with E-state index in [9.17, 15) is 39.0 Å². The predicted molar refractivity (Wildman–Crippen MR) is 284 cm³/mol. The minimum atomic E-state index is -0.996. The maximum atomic E-state index is 12.9. The van der Waals surface area contributed by atoms with Crippen LogP contribution in [0.2, 0.25) is 0 Å². The van der Waals surface area contributed by atoms with Gasteiger partial charge in [-0.1, -0.05) is 72.8 Å². The normalized spacial score (nSPS) is 17.5. The van der Waals surface area contributed by atoms with Gasteiger partial charge in [0.15, 0.2) is 0 Å². The van der Waals surface area contributed by atoms with Crippen LogP contribution in [0.1, 0.15) is 92.8 Å². The Labute approximate surface area is 457 Å². The van der Waals surface area contributed by atoms with Gasteiger partial charge < -0.3 is 30.8 Å². The number of carbonyl (C=O) groups excluding carboxylic acids is 6. The molecule has 0 atom stereocenters. The molecule has 16 nitrogen and oxygen atoms in total. The Bertz CT molecular complexity index is 2630. The van der Waals surface area contributed by atoms with Crippen molar-refractivity contribution in [3.05, 3.63) is 217 Å². The summed E-state index contributed by atoms with van der Waals surface area (Å²) in [6.45, 7) is 0.699. The number of aliphatic carboxylic acids is 2. The number of nitrogens with zero attached hydrogens (tertiary/aromatic N) is 6. The van der Waals surface area contributed by atoms with E-state index >= 15 is 0 Å². The number of carboxylic acid groups (broad SMARTS) is 2. The zero-order valence-electron chi connectivity index (χ0n) is 42.1. The van der Waals surface area contributed by atoms with Crippen LogP contribution < -0.4 is 10.2 Å². The third kappa shape index (κ3) is 16.8. The molecule has 2 aliphatic carbocycles. The number of amides is 4. The first-order chi connectivity index (χ1) is 36.1. The Morgan fingerprint density at radius 3 is 0.792 bits per heavy atom. The average molecular weight is 1090 g/mol. The second-order valence-corrected chi connectivity index (χ2v) is 18.0. The molecule has 401 valence electrons. The van der Waals surface area contributed by atoms with Crippen LogP contribution >= 0.6 is 0 Å². The van der Waals surface area contributed by atoms with Crippen LogP contribution in [0.3, 0.4) is 0 Å². The number of hydrogen-bond acceptors (Lipinski definition) is 12. The van der Waals surface area contributed by atoms with Crippen molar-refractivity contribution in [2.24, 2.45) is 23.7 Å². The molecule has 2 aliphatic heterocycles. The van der Waals surface area contributed by atoms with Crippen molar-refractivity contribution in [1.82, 2.24) is 29.7 Å². The fourth-order valence-electron chi connectivity index (χ4n) is 9.42. The Kier molecular flexibility index (Phi) is 25.1. The number of imide groups is 2. The van der Waals surface area contributed by atoms with E-state index in [1.807, 2.05) is 121 Å². The number of benzene rings is 4. The number of hydrogen-bond donors (Lipinski definition) is 0. The largest absolute Gasteiger partial charge is 2.00 e.